The van der Waals surface area contributed by atoms with Crippen molar-refractivity contribution in [3.8, 4) is 0 Å². The fraction of sp³-hybridized carbons (Fsp3) is 0.500. The largest absolute Gasteiger partial charge is 0.368 e. The molecule has 1 aromatic carbocycles. The van der Waals surface area contributed by atoms with Crippen LogP contribution in [0.2, 0.25) is 0 Å². The van der Waals surface area contributed by atoms with E-state index in [0.29, 0.717) is 6.54 Å². The van der Waals surface area contributed by atoms with E-state index in [1.807, 2.05) is 28.0 Å². The van der Waals surface area contributed by atoms with Gasteiger partial charge >= 0.3 is 6.03 Å². The average Bonchev–Trinajstić information content (AvgIpc) is 3.02. The van der Waals surface area contributed by atoms with Gasteiger partial charge in [-0.05, 0) is 12.5 Å². The molecule has 1 unspecified atom stereocenters. The first kappa shape index (κ1) is 11.5. The van der Waals surface area contributed by atoms with Crippen molar-refractivity contribution in [3.63, 3.8) is 0 Å². The second kappa shape index (κ2) is 4.28. The maximum atomic E-state index is 12.2. The summed E-state index contributed by atoms with van der Waals surface area (Å²) in [4.78, 5) is 16.0. The molecule has 4 heteroatoms. The Morgan fingerprint density at radius 1 is 1.22 bits per heavy atom. The molecule has 0 aromatic heterocycles. The fourth-order valence-corrected chi connectivity index (χ4v) is 2.35. The highest BCUT2D eigenvalue weighted by Crippen LogP contribution is 2.28. The lowest BCUT2D eigenvalue weighted by Gasteiger charge is -2.20. The highest BCUT2D eigenvalue weighted by Gasteiger charge is 2.43. The van der Waals surface area contributed by atoms with E-state index < -0.39 is 0 Å². The van der Waals surface area contributed by atoms with Gasteiger partial charge in [-0.3, -0.25) is 0 Å². The molecule has 96 valence electrons. The number of ether oxygens (including phenoxy) is 1. The first-order valence-corrected chi connectivity index (χ1v) is 6.38. The van der Waals surface area contributed by atoms with Crippen LogP contribution in [0.5, 0.6) is 0 Å². The van der Waals surface area contributed by atoms with E-state index in [0.717, 1.165) is 26.2 Å². The molecule has 0 N–H and O–H groups in total. The van der Waals surface area contributed by atoms with Crippen LogP contribution in [0, 0.1) is 0 Å². The van der Waals surface area contributed by atoms with Gasteiger partial charge in [-0.25, -0.2) is 4.79 Å². The van der Waals surface area contributed by atoms with Gasteiger partial charge in [0.05, 0.1) is 13.2 Å². The lowest BCUT2D eigenvalue weighted by Crippen LogP contribution is -2.37. The van der Waals surface area contributed by atoms with Crippen LogP contribution in [0.4, 0.5) is 4.79 Å². The van der Waals surface area contributed by atoms with E-state index in [2.05, 4.69) is 19.1 Å². The number of rotatable bonds is 4. The van der Waals surface area contributed by atoms with Gasteiger partial charge in [-0.15, -0.1) is 0 Å². The molecule has 1 aromatic rings. The minimum absolute atomic E-state index is 0.0849. The topological polar surface area (TPSA) is 36.1 Å². The smallest absolute Gasteiger partial charge is 0.320 e. The molecular weight excluding hydrogens is 228 g/mol. The zero-order valence-corrected chi connectivity index (χ0v) is 10.6. The van der Waals surface area contributed by atoms with Gasteiger partial charge in [-0.1, -0.05) is 30.3 Å². The molecule has 2 heterocycles. The third-order valence-electron chi connectivity index (χ3n) is 3.56. The van der Waals surface area contributed by atoms with Crippen LogP contribution < -0.4 is 0 Å². The number of hydrogen-bond acceptors (Lipinski definition) is 2. The average molecular weight is 246 g/mol. The van der Waals surface area contributed by atoms with E-state index in [-0.39, 0.29) is 11.6 Å². The van der Waals surface area contributed by atoms with E-state index in [1.165, 1.54) is 5.56 Å². The summed E-state index contributed by atoms with van der Waals surface area (Å²) >= 11 is 0. The van der Waals surface area contributed by atoms with Gasteiger partial charge < -0.3 is 14.5 Å². The van der Waals surface area contributed by atoms with Gasteiger partial charge in [0.15, 0.2) is 0 Å². The summed E-state index contributed by atoms with van der Waals surface area (Å²) in [5.74, 6) is 0. The molecule has 0 bridgehead atoms. The molecule has 2 amide bonds. The highest BCUT2D eigenvalue weighted by molar-refractivity contribution is 5.76. The lowest BCUT2D eigenvalue weighted by molar-refractivity contribution is 0.177. The fourth-order valence-electron chi connectivity index (χ4n) is 2.35. The monoisotopic (exact) mass is 246 g/mol. The molecule has 1 atom stereocenters. The number of nitrogens with zero attached hydrogens (tertiary/aromatic N) is 2. The summed E-state index contributed by atoms with van der Waals surface area (Å²) in [6.45, 7) is 5.87. The third kappa shape index (κ3) is 2.34. The molecule has 2 aliphatic rings. The van der Waals surface area contributed by atoms with E-state index in [4.69, 9.17) is 4.74 Å². The minimum Gasteiger partial charge on any atom is -0.368 e. The van der Waals surface area contributed by atoms with Gasteiger partial charge in [0, 0.05) is 19.6 Å². The van der Waals surface area contributed by atoms with Gasteiger partial charge in [0.25, 0.3) is 0 Å². The van der Waals surface area contributed by atoms with Gasteiger partial charge in [0.1, 0.15) is 5.60 Å². The van der Waals surface area contributed by atoms with Crippen LogP contribution in [-0.4, -0.2) is 47.7 Å². The summed E-state index contributed by atoms with van der Waals surface area (Å²) < 4.78 is 5.35. The molecule has 4 nitrogen and oxygen atoms in total. The zero-order valence-electron chi connectivity index (χ0n) is 10.6. The minimum atomic E-state index is -0.0849. The first-order chi connectivity index (χ1) is 8.66. The first-order valence-electron chi connectivity index (χ1n) is 6.38. The summed E-state index contributed by atoms with van der Waals surface area (Å²) in [5.41, 5.74) is 1.10. The van der Waals surface area contributed by atoms with Crippen molar-refractivity contribution in [2.45, 2.75) is 19.1 Å². The van der Waals surface area contributed by atoms with Crippen molar-refractivity contribution in [1.82, 2.24) is 9.80 Å². The van der Waals surface area contributed by atoms with Crippen molar-refractivity contribution >= 4 is 6.03 Å². The highest BCUT2D eigenvalue weighted by atomic mass is 16.6. The Balaban J connectivity index is 1.60. The quantitative estimate of drug-likeness (QED) is 0.758. The predicted octanol–water partition coefficient (Wildman–Crippen LogP) is 1.71. The van der Waals surface area contributed by atoms with Crippen molar-refractivity contribution in [2.24, 2.45) is 0 Å². The van der Waals surface area contributed by atoms with Crippen molar-refractivity contribution < 1.29 is 9.53 Å². The number of carbonyl (C=O) groups excluding carboxylic acids is 1. The molecule has 2 saturated heterocycles. The summed E-state index contributed by atoms with van der Waals surface area (Å²) in [6.07, 6.45) is 0. The molecule has 0 radical (unpaired) electrons. The molecular formula is C14H18N2O2. The second-order valence-electron chi connectivity index (χ2n) is 5.35. The number of carbonyl (C=O) groups is 1. The zero-order chi connectivity index (χ0) is 12.6. The summed E-state index contributed by atoms with van der Waals surface area (Å²) in [5, 5.41) is 0. The molecule has 2 fully saturated rings. The lowest BCUT2D eigenvalue weighted by atomic mass is 10.2. The number of hydrogen-bond donors (Lipinski definition) is 0. The van der Waals surface area contributed by atoms with Crippen LogP contribution in [0.15, 0.2) is 30.3 Å². The van der Waals surface area contributed by atoms with Crippen molar-refractivity contribution in [1.29, 1.82) is 0 Å². The Morgan fingerprint density at radius 2 is 1.89 bits per heavy atom. The van der Waals surface area contributed by atoms with Gasteiger partial charge in [-0.2, -0.15) is 0 Å². The number of urea groups is 1. The van der Waals surface area contributed by atoms with Crippen LogP contribution in [0.25, 0.3) is 0 Å². The van der Waals surface area contributed by atoms with E-state index in [9.17, 15) is 4.79 Å². The summed E-state index contributed by atoms with van der Waals surface area (Å²) in [7, 11) is 0. The Hall–Kier alpha value is -1.55. The maximum absolute atomic E-state index is 12.2. The molecule has 18 heavy (non-hydrogen) atoms. The molecule has 0 aliphatic carbocycles. The second-order valence-corrected chi connectivity index (χ2v) is 5.35. The Bertz CT molecular complexity index is 442. The SMILES string of the molecule is CC1(CN2CCN(Cc3ccccc3)C2=O)CO1. The maximum Gasteiger partial charge on any atom is 0.320 e. The van der Waals surface area contributed by atoms with Crippen LogP contribution in [0.3, 0.4) is 0 Å². The predicted molar refractivity (Wildman–Crippen MR) is 68.2 cm³/mol. The number of benzene rings is 1. The van der Waals surface area contributed by atoms with Crippen molar-refractivity contribution in [3.05, 3.63) is 35.9 Å². The Labute approximate surface area is 107 Å². The van der Waals surface area contributed by atoms with E-state index >= 15 is 0 Å². The standard InChI is InChI=1S/C14H18N2O2/c1-14(11-18-14)10-16-8-7-15(13(16)17)9-12-5-3-2-4-6-12/h2-6H,7-11H2,1H3. The molecule has 0 saturated carbocycles. The molecule has 2 aliphatic heterocycles. The van der Waals surface area contributed by atoms with Gasteiger partial charge in [0.2, 0.25) is 0 Å². The Kier molecular flexibility index (Phi) is 2.74. The third-order valence-corrected chi connectivity index (χ3v) is 3.56. The van der Waals surface area contributed by atoms with Crippen LogP contribution in [0.1, 0.15) is 12.5 Å². The number of amides is 2. The van der Waals surface area contributed by atoms with Crippen LogP contribution in [-0.2, 0) is 11.3 Å². The van der Waals surface area contributed by atoms with Crippen LogP contribution >= 0.6 is 0 Å². The Morgan fingerprint density at radius 3 is 2.56 bits per heavy atom. The number of epoxide rings is 1. The normalized spacial score (nSPS) is 26.8. The summed E-state index contributed by atoms with van der Waals surface area (Å²) in [6, 6.07) is 10.3. The van der Waals surface area contributed by atoms with E-state index in [1.54, 1.807) is 0 Å². The molecule has 3 rings (SSSR count). The molecule has 0 spiro atoms. The van der Waals surface area contributed by atoms with Crippen molar-refractivity contribution in [2.75, 3.05) is 26.2 Å².